The highest BCUT2D eigenvalue weighted by Crippen LogP contribution is 2.15. The van der Waals surface area contributed by atoms with Gasteiger partial charge in [-0.1, -0.05) is 12.1 Å². The zero-order chi connectivity index (χ0) is 14.7. The molecule has 108 valence electrons. The third-order valence-electron chi connectivity index (χ3n) is 3.53. The van der Waals surface area contributed by atoms with E-state index in [2.05, 4.69) is 36.0 Å². The van der Waals surface area contributed by atoms with Crippen LogP contribution in [0.25, 0.3) is 0 Å². The fourth-order valence-corrected chi connectivity index (χ4v) is 2.37. The molecule has 0 aliphatic carbocycles. The van der Waals surface area contributed by atoms with Crippen LogP contribution in [0.1, 0.15) is 30.8 Å². The molecule has 0 bridgehead atoms. The van der Waals surface area contributed by atoms with Crippen LogP contribution in [0.15, 0.2) is 30.3 Å². The zero-order valence-electron chi connectivity index (χ0n) is 12.8. The molecule has 2 rings (SSSR count). The topological polar surface area (TPSA) is 47.1 Å². The first-order valence-electron chi connectivity index (χ1n) is 7.03. The van der Waals surface area contributed by atoms with Gasteiger partial charge in [-0.15, -0.1) is 0 Å². The van der Waals surface area contributed by atoms with Crippen LogP contribution in [-0.4, -0.2) is 20.7 Å². The monoisotopic (exact) mass is 272 g/mol. The molecule has 1 heterocycles. The molecular formula is C16H24N4. The van der Waals surface area contributed by atoms with Gasteiger partial charge in [0.05, 0.1) is 11.4 Å². The lowest BCUT2D eigenvalue weighted by Gasteiger charge is -2.26. The van der Waals surface area contributed by atoms with Crippen molar-refractivity contribution in [3.8, 4) is 0 Å². The van der Waals surface area contributed by atoms with Gasteiger partial charge in [0.1, 0.15) is 0 Å². The second-order valence-electron chi connectivity index (χ2n) is 5.64. The molecular weight excluding hydrogens is 248 g/mol. The van der Waals surface area contributed by atoms with Crippen molar-refractivity contribution in [2.24, 2.45) is 7.05 Å². The molecule has 1 aromatic carbocycles. The summed E-state index contributed by atoms with van der Waals surface area (Å²) in [5.41, 5.74) is 10.2. The third kappa shape index (κ3) is 3.61. The standard InChI is InChI=1S/C16H24N4/c1-12(2)20(10-14-6-5-7-15(17)9-14)11-16-8-13(3)18-19(16)4/h5-9,12H,10-11,17H2,1-4H3. The molecule has 0 saturated carbocycles. The van der Waals surface area contributed by atoms with Gasteiger partial charge in [-0.3, -0.25) is 9.58 Å². The minimum atomic E-state index is 0.464. The summed E-state index contributed by atoms with van der Waals surface area (Å²) in [5.74, 6) is 0. The lowest BCUT2D eigenvalue weighted by Crippen LogP contribution is -2.30. The van der Waals surface area contributed by atoms with Crippen molar-refractivity contribution in [2.75, 3.05) is 5.73 Å². The summed E-state index contributed by atoms with van der Waals surface area (Å²) in [5, 5.41) is 4.41. The molecule has 0 spiro atoms. The minimum Gasteiger partial charge on any atom is -0.399 e. The molecule has 0 saturated heterocycles. The summed E-state index contributed by atoms with van der Waals surface area (Å²) in [4.78, 5) is 2.42. The fourth-order valence-electron chi connectivity index (χ4n) is 2.37. The molecule has 1 aromatic heterocycles. The summed E-state index contributed by atoms with van der Waals surface area (Å²) in [7, 11) is 2.00. The van der Waals surface area contributed by atoms with E-state index >= 15 is 0 Å². The Morgan fingerprint density at radius 3 is 2.55 bits per heavy atom. The Hall–Kier alpha value is -1.81. The summed E-state index contributed by atoms with van der Waals surface area (Å²) >= 11 is 0. The van der Waals surface area contributed by atoms with E-state index < -0.39 is 0 Å². The van der Waals surface area contributed by atoms with Crippen molar-refractivity contribution in [3.05, 3.63) is 47.3 Å². The van der Waals surface area contributed by atoms with Crippen molar-refractivity contribution in [1.82, 2.24) is 14.7 Å². The van der Waals surface area contributed by atoms with Crippen LogP contribution in [0.3, 0.4) is 0 Å². The molecule has 2 aromatic rings. The second-order valence-corrected chi connectivity index (χ2v) is 5.64. The van der Waals surface area contributed by atoms with Gasteiger partial charge in [-0.05, 0) is 44.5 Å². The Morgan fingerprint density at radius 2 is 2.00 bits per heavy atom. The highest BCUT2D eigenvalue weighted by atomic mass is 15.3. The van der Waals surface area contributed by atoms with Crippen LogP contribution >= 0.6 is 0 Å². The summed E-state index contributed by atoms with van der Waals surface area (Å²) < 4.78 is 1.96. The predicted molar refractivity (Wildman–Crippen MR) is 83.2 cm³/mol. The Kier molecular flexibility index (Phi) is 4.45. The lowest BCUT2D eigenvalue weighted by molar-refractivity contribution is 0.198. The van der Waals surface area contributed by atoms with Crippen LogP contribution in [-0.2, 0) is 20.1 Å². The summed E-state index contributed by atoms with van der Waals surface area (Å²) in [6.07, 6.45) is 0. The molecule has 4 nitrogen and oxygen atoms in total. The van der Waals surface area contributed by atoms with Crippen molar-refractivity contribution in [1.29, 1.82) is 0 Å². The first-order valence-corrected chi connectivity index (χ1v) is 7.03. The first kappa shape index (κ1) is 14.6. The number of hydrogen-bond acceptors (Lipinski definition) is 3. The number of aromatic nitrogens is 2. The Balaban J connectivity index is 2.13. The van der Waals surface area contributed by atoms with E-state index in [1.165, 1.54) is 11.3 Å². The molecule has 0 fully saturated rings. The normalized spacial score (nSPS) is 11.5. The van der Waals surface area contributed by atoms with Crippen LogP contribution < -0.4 is 5.73 Å². The van der Waals surface area contributed by atoms with Crippen molar-refractivity contribution >= 4 is 5.69 Å². The Bertz CT molecular complexity index is 572. The van der Waals surface area contributed by atoms with Gasteiger partial charge < -0.3 is 5.73 Å². The highest BCUT2D eigenvalue weighted by molar-refractivity contribution is 5.40. The second kappa shape index (κ2) is 6.09. The Labute approximate surface area is 121 Å². The molecule has 0 amide bonds. The van der Waals surface area contributed by atoms with Crippen molar-refractivity contribution < 1.29 is 0 Å². The van der Waals surface area contributed by atoms with E-state index in [1.54, 1.807) is 0 Å². The molecule has 0 aliphatic rings. The average Bonchev–Trinajstić information content (AvgIpc) is 2.67. The van der Waals surface area contributed by atoms with Gasteiger partial charge in [0.25, 0.3) is 0 Å². The number of benzene rings is 1. The highest BCUT2D eigenvalue weighted by Gasteiger charge is 2.13. The molecule has 0 aliphatic heterocycles. The van der Waals surface area contributed by atoms with E-state index in [1.807, 2.05) is 36.9 Å². The van der Waals surface area contributed by atoms with E-state index in [0.29, 0.717) is 6.04 Å². The van der Waals surface area contributed by atoms with Crippen molar-refractivity contribution in [2.45, 2.75) is 39.9 Å². The largest absolute Gasteiger partial charge is 0.399 e. The number of nitrogens with zero attached hydrogens (tertiary/aromatic N) is 3. The van der Waals surface area contributed by atoms with Crippen LogP contribution in [0, 0.1) is 6.92 Å². The number of hydrogen-bond donors (Lipinski definition) is 1. The third-order valence-corrected chi connectivity index (χ3v) is 3.53. The number of rotatable bonds is 5. The quantitative estimate of drug-likeness (QED) is 0.851. The molecule has 2 N–H and O–H groups in total. The first-order chi connectivity index (χ1) is 9.45. The fraction of sp³-hybridized carbons (Fsp3) is 0.438. The van der Waals surface area contributed by atoms with E-state index in [9.17, 15) is 0 Å². The van der Waals surface area contributed by atoms with Gasteiger partial charge in [-0.25, -0.2) is 0 Å². The number of nitrogens with two attached hydrogens (primary N) is 1. The average molecular weight is 272 g/mol. The molecule has 0 atom stereocenters. The molecule has 0 radical (unpaired) electrons. The van der Waals surface area contributed by atoms with Crippen LogP contribution in [0.4, 0.5) is 5.69 Å². The number of nitrogen functional groups attached to an aromatic ring is 1. The van der Waals surface area contributed by atoms with Gasteiger partial charge in [0.2, 0.25) is 0 Å². The molecule has 0 unspecified atom stereocenters. The van der Waals surface area contributed by atoms with Crippen molar-refractivity contribution in [3.63, 3.8) is 0 Å². The Morgan fingerprint density at radius 1 is 1.25 bits per heavy atom. The maximum Gasteiger partial charge on any atom is 0.0597 e. The smallest absolute Gasteiger partial charge is 0.0597 e. The maximum absolute atomic E-state index is 5.86. The van der Waals surface area contributed by atoms with E-state index in [-0.39, 0.29) is 0 Å². The lowest BCUT2D eigenvalue weighted by atomic mass is 10.1. The maximum atomic E-state index is 5.86. The van der Waals surface area contributed by atoms with Gasteiger partial charge in [-0.2, -0.15) is 5.10 Å². The van der Waals surface area contributed by atoms with Gasteiger partial charge in [0, 0.05) is 31.9 Å². The summed E-state index contributed by atoms with van der Waals surface area (Å²) in [6, 6.07) is 10.7. The van der Waals surface area contributed by atoms with E-state index in [4.69, 9.17) is 5.73 Å². The van der Waals surface area contributed by atoms with Crippen LogP contribution in [0.5, 0.6) is 0 Å². The predicted octanol–water partition coefficient (Wildman–Crippen LogP) is 2.72. The van der Waals surface area contributed by atoms with E-state index in [0.717, 1.165) is 24.5 Å². The number of aryl methyl sites for hydroxylation is 2. The number of anilines is 1. The van der Waals surface area contributed by atoms with Crippen LogP contribution in [0.2, 0.25) is 0 Å². The summed E-state index contributed by atoms with van der Waals surface area (Å²) in [6.45, 7) is 8.25. The molecule has 4 heteroatoms. The SMILES string of the molecule is Cc1cc(CN(Cc2cccc(N)c2)C(C)C)n(C)n1. The van der Waals surface area contributed by atoms with Gasteiger partial charge in [0.15, 0.2) is 0 Å². The van der Waals surface area contributed by atoms with Gasteiger partial charge >= 0.3 is 0 Å². The minimum absolute atomic E-state index is 0.464. The molecule has 20 heavy (non-hydrogen) atoms. The zero-order valence-corrected chi connectivity index (χ0v) is 12.8.